The number of imidazole rings is 5. The monoisotopic (exact) mass is 740 g/mol. The second-order valence-electron chi connectivity index (χ2n) is 15.3. The maximum atomic E-state index is 8.41. The number of hydrogen-bond acceptors (Lipinski definition) is 4. The van der Waals surface area contributed by atoms with Crippen molar-refractivity contribution in [3.05, 3.63) is 162 Å². The van der Waals surface area contributed by atoms with Crippen LogP contribution in [0.25, 0.3) is 78.1 Å². The van der Waals surface area contributed by atoms with Crippen LogP contribution in [0.3, 0.4) is 0 Å². The van der Waals surface area contributed by atoms with Crippen molar-refractivity contribution in [1.82, 2.24) is 37.5 Å². The van der Waals surface area contributed by atoms with Gasteiger partial charge in [-0.25, -0.2) is 15.0 Å². The molecule has 0 saturated heterocycles. The highest BCUT2D eigenvalue weighted by Gasteiger charge is 2.40. The van der Waals surface area contributed by atoms with E-state index in [1.165, 1.54) is 0 Å². The number of rotatable bonds is 3. The van der Waals surface area contributed by atoms with Crippen molar-refractivity contribution >= 4 is 78.4 Å². The van der Waals surface area contributed by atoms with Gasteiger partial charge in [-0.05, 0) is 98.1 Å². The van der Waals surface area contributed by atoms with E-state index >= 15 is 0 Å². The van der Waals surface area contributed by atoms with E-state index in [2.05, 4.69) is 157 Å². The number of aromatic nitrogens is 8. The van der Waals surface area contributed by atoms with Crippen molar-refractivity contribution < 1.29 is 4.11 Å². The Balaban J connectivity index is 1.17. The second kappa shape index (κ2) is 10.9. The Labute approximate surface area is 330 Å². The molecular formula is C48H35N9. The van der Waals surface area contributed by atoms with Crippen LogP contribution in [0.5, 0.6) is 0 Å². The lowest BCUT2D eigenvalue weighted by Gasteiger charge is -2.28. The number of fused-ring (bicyclic) bond motifs is 15. The van der Waals surface area contributed by atoms with Crippen molar-refractivity contribution in [3.63, 3.8) is 0 Å². The van der Waals surface area contributed by atoms with Gasteiger partial charge in [-0.1, -0.05) is 85.0 Å². The van der Waals surface area contributed by atoms with Crippen molar-refractivity contribution in [1.29, 1.82) is 0 Å². The summed E-state index contributed by atoms with van der Waals surface area (Å²) in [5.74, 6) is 2.30. The first-order chi connectivity index (χ1) is 29.2. The van der Waals surface area contributed by atoms with Crippen LogP contribution in [0, 0.1) is 20.7 Å². The van der Waals surface area contributed by atoms with Gasteiger partial charge in [-0.15, -0.1) is 0 Å². The Morgan fingerprint density at radius 3 is 1.54 bits per heavy atom. The largest absolute Gasteiger partial charge is 0.302 e. The molecule has 5 aromatic heterocycles. The van der Waals surface area contributed by atoms with Crippen molar-refractivity contribution in [2.75, 3.05) is 4.90 Å². The van der Waals surface area contributed by atoms with Gasteiger partial charge >= 0.3 is 0 Å². The lowest BCUT2D eigenvalue weighted by molar-refractivity contribution is 0.624. The lowest BCUT2D eigenvalue weighted by Crippen LogP contribution is -2.29. The van der Waals surface area contributed by atoms with Gasteiger partial charge in [0, 0.05) is 9.80 Å². The SMILES string of the molecule is [2H]C([2H])([2H])c1cccc2c1nc1n(-c3cc(N4c5nc6c(C)cccc6n5C5C=CC=CC54)cc(-n4c5ccccc5n5c6cccc(C)c6nc45)c3)c3ccccc3n21. The smallest absolute Gasteiger partial charge is 0.220 e. The maximum Gasteiger partial charge on any atom is 0.220 e. The minimum Gasteiger partial charge on any atom is -0.302 e. The first-order valence-corrected chi connectivity index (χ1v) is 19.3. The Bertz CT molecular complexity index is 3720. The molecule has 272 valence electrons. The first kappa shape index (κ1) is 28.1. The molecule has 9 heteroatoms. The van der Waals surface area contributed by atoms with Gasteiger partial charge in [0.2, 0.25) is 17.5 Å². The van der Waals surface area contributed by atoms with Gasteiger partial charge in [0.05, 0.1) is 78.6 Å². The normalized spacial score (nSPS) is 17.5. The third-order valence-electron chi connectivity index (χ3n) is 12.1. The minimum absolute atomic E-state index is 0.0265. The summed E-state index contributed by atoms with van der Waals surface area (Å²) in [6, 6.07) is 41.5. The quantitative estimate of drug-likeness (QED) is 0.181. The van der Waals surface area contributed by atoms with Gasteiger partial charge in [0.15, 0.2) is 0 Å². The first-order valence-electron chi connectivity index (χ1n) is 20.8. The predicted molar refractivity (Wildman–Crippen MR) is 230 cm³/mol. The molecule has 0 N–H and O–H groups in total. The Morgan fingerprint density at radius 1 is 0.474 bits per heavy atom. The molecule has 0 bridgehead atoms. The van der Waals surface area contributed by atoms with Crippen LogP contribution in [-0.2, 0) is 0 Å². The van der Waals surface area contributed by atoms with Crippen LogP contribution in [0.15, 0.2) is 146 Å². The zero-order valence-corrected chi connectivity index (χ0v) is 31.0. The number of para-hydroxylation sites is 7. The highest BCUT2D eigenvalue weighted by molar-refractivity contribution is 5.96. The van der Waals surface area contributed by atoms with E-state index in [4.69, 9.17) is 19.1 Å². The summed E-state index contributed by atoms with van der Waals surface area (Å²) in [6.45, 7) is 1.89. The molecule has 11 aromatic rings. The number of hydrogen-bond donors (Lipinski definition) is 0. The lowest BCUT2D eigenvalue weighted by atomic mass is 10.0. The number of anilines is 2. The zero-order chi connectivity index (χ0) is 40.2. The zero-order valence-electron chi connectivity index (χ0n) is 34.0. The van der Waals surface area contributed by atoms with Crippen LogP contribution >= 0.6 is 0 Å². The van der Waals surface area contributed by atoms with Gasteiger partial charge in [-0.2, -0.15) is 0 Å². The number of allylic oxidation sites excluding steroid dienone is 2. The molecule has 2 unspecified atom stereocenters. The molecule has 0 saturated carbocycles. The molecule has 13 rings (SSSR count). The molecule has 0 fully saturated rings. The Kier molecular flexibility index (Phi) is 5.36. The van der Waals surface area contributed by atoms with Crippen LogP contribution in [0.4, 0.5) is 11.6 Å². The van der Waals surface area contributed by atoms with Crippen molar-refractivity contribution in [2.24, 2.45) is 0 Å². The summed E-state index contributed by atoms with van der Waals surface area (Å²) in [6.07, 6.45) is 8.79. The second-order valence-corrected chi connectivity index (χ2v) is 15.3. The molecule has 6 aromatic carbocycles. The van der Waals surface area contributed by atoms with Gasteiger partial charge in [0.25, 0.3) is 0 Å². The highest BCUT2D eigenvalue weighted by atomic mass is 15.4. The van der Waals surface area contributed by atoms with Crippen LogP contribution in [-0.4, -0.2) is 43.5 Å². The van der Waals surface area contributed by atoms with E-state index in [-0.39, 0.29) is 17.6 Å². The van der Waals surface area contributed by atoms with Crippen LogP contribution < -0.4 is 4.90 Å². The van der Waals surface area contributed by atoms with E-state index in [0.717, 1.165) is 89.6 Å². The van der Waals surface area contributed by atoms with E-state index in [0.29, 0.717) is 11.3 Å². The topological polar surface area (TPSA) is 65.5 Å². The maximum absolute atomic E-state index is 8.41. The van der Waals surface area contributed by atoms with Crippen molar-refractivity contribution in [2.45, 2.75) is 32.8 Å². The third-order valence-corrected chi connectivity index (χ3v) is 12.1. The molecule has 6 heterocycles. The molecule has 1 aliphatic heterocycles. The van der Waals surface area contributed by atoms with Crippen molar-refractivity contribution in [3.8, 4) is 11.4 Å². The molecule has 9 nitrogen and oxygen atoms in total. The fraction of sp³-hybridized carbons (Fsp3) is 0.104. The average Bonchev–Trinajstić information content (AvgIpc) is 4.08. The number of nitrogens with zero attached hydrogens (tertiary/aromatic N) is 9. The molecule has 1 aliphatic carbocycles. The van der Waals surface area contributed by atoms with Crippen LogP contribution in [0.1, 0.15) is 26.8 Å². The molecular weight excluding hydrogens is 703 g/mol. The van der Waals surface area contributed by atoms with Gasteiger partial charge in [0.1, 0.15) is 0 Å². The molecule has 0 amide bonds. The molecule has 0 radical (unpaired) electrons. The highest BCUT2D eigenvalue weighted by Crippen LogP contribution is 2.47. The van der Waals surface area contributed by atoms with E-state index in [1.54, 1.807) is 6.07 Å². The summed E-state index contributed by atoms with van der Waals surface area (Å²) in [5, 5.41) is 0. The fourth-order valence-corrected chi connectivity index (χ4v) is 9.67. The van der Waals surface area contributed by atoms with Gasteiger partial charge in [-0.3, -0.25) is 17.9 Å². The number of aryl methyl sites for hydroxylation is 3. The molecule has 2 aliphatic rings. The summed E-state index contributed by atoms with van der Waals surface area (Å²) in [5.41, 5.74) is 14.4. The average molecular weight is 741 g/mol. The minimum atomic E-state index is -2.34. The summed E-state index contributed by atoms with van der Waals surface area (Å²) >= 11 is 0. The summed E-state index contributed by atoms with van der Waals surface area (Å²) in [7, 11) is 0. The molecule has 0 spiro atoms. The molecule has 2 atom stereocenters. The van der Waals surface area contributed by atoms with Crippen LogP contribution in [0.2, 0.25) is 0 Å². The fourth-order valence-electron chi connectivity index (χ4n) is 9.67. The number of benzene rings is 6. The Hall–Kier alpha value is -7.39. The van der Waals surface area contributed by atoms with Gasteiger partial charge < -0.3 is 9.47 Å². The van der Waals surface area contributed by atoms with E-state index in [1.807, 2.05) is 24.3 Å². The summed E-state index contributed by atoms with van der Waals surface area (Å²) in [4.78, 5) is 18.3. The standard InChI is InChI=1S/C48H35N9/c1-28-13-10-22-40-43(28)49-46-52(34-16-4-7-19-37(34)55(40)46)31-25-32(53-35-17-5-8-20-38(35)56-41-23-11-14-29(2)44(41)50-47(53)56)27-33(26-31)54-36-18-6-9-21-39(36)57-42-24-12-15-30(3)45(42)51-48(54)57/h4-27,34,37H,1-3H3/i2D3. The third kappa shape index (κ3) is 3.95. The van der Waals surface area contributed by atoms with E-state index < -0.39 is 6.85 Å². The Morgan fingerprint density at radius 2 is 0.947 bits per heavy atom. The van der Waals surface area contributed by atoms with E-state index in [9.17, 15) is 0 Å². The summed E-state index contributed by atoms with van der Waals surface area (Å²) < 4.78 is 36.4. The predicted octanol–water partition coefficient (Wildman–Crippen LogP) is 10.6. The molecule has 57 heavy (non-hydrogen) atoms.